The summed E-state index contributed by atoms with van der Waals surface area (Å²) in [5.41, 5.74) is 0. The summed E-state index contributed by atoms with van der Waals surface area (Å²) >= 11 is 0. The highest BCUT2D eigenvalue weighted by Crippen LogP contribution is 2.19. The molecule has 10 heavy (non-hydrogen) atoms. The van der Waals surface area contributed by atoms with Gasteiger partial charge in [0.05, 0.1) is 0 Å². The van der Waals surface area contributed by atoms with E-state index in [9.17, 15) is 0 Å². The largest absolute Gasteiger partial charge is 0.376 e. The summed E-state index contributed by atoms with van der Waals surface area (Å²) in [6, 6.07) is 0. The van der Waals surface area contributed by atoms with Gasteiger partial charge in [-0.25, -0.2) is 0 Å². The third-order valence-electron chi connectivity index (χ3n) is 1.48. The lowest BCUT2D eigenvalue weighted by Crippen LogP contribution is -2.36. The third kappa shape index (κ3) is 1.44. The molecule has 1 unspecified atom stereocenters. The molecule has 2 atom stereocenters. The molecule has 0 amide bonds. The molecular weight excluding hydrogens is 138 g/mol. The van der Waals surface area contributed by atoms with Crippen molar-refractivity contribution in [2.75, 3.05) is 6.79 Å². The highest BCUT2D eigenvalue weighted by molar-refractivity contribution is 4.66. The fourth-order valence-electron chi connectivity index (χ4n) is 0.990. The molecule has 0 aromatic heterocycles. The van der Waals surface area contributed by atoms with Crippen molar-refractivity contribution in [3.63, 3.8) is 0 Å². The molecular formula is C5H11NO4. The van der Waals surface area contributed by atoms with Crippen LogP contribution in [0.3, 0.4) is 0 Å². The normalized spacial score (nSPS) is 35.1. The van der Waals surface area contributed by atoms with Crippen LogP contribution in [0.25, 0.3) is 0 Å². The van der Waals surface area contributed by atoms with Crippen molar-refractivity contribution in [2.24, 2.45) is 0 Å². The van der Waals surface area contributed by atoms with Gasteiger partial charge in [0.15, 0.2) is 6.79 Å². The zero-order valence-electron chi connectivity index (χ0n) is 5.47. The van der Waals surface area contributed by atoms with Crippen LogP contribution in [0.4, 0.5) is 0 Å². The predicted octanol–water partition coefficient (Wildman–Crippen LogP) is -1.40. The number of hydroxylamine groups is 2. The summed E-state index contributed by atoms with van der Waals surface area (Å²) < 4.78 is 0. The monoisotopic (exact) mass is 149 g/mol. The van der Waals surface area contributed by atoms with Gasteiger partial charge >= 0.3 is 0 Å². The molecule has 0 aliphatic carbocycles. The Bertz CT molecular complexity index is 99.8. The standard InChI is InChI=1S/C5H11NO4/c7-3-10-6-4(8)1-2-5(6)9/h4-5,7-9H,1-3H2/t4-,5?/m1/s1. The van der Waals surface area contributed by atoms with Gasteiger partial charge in [-0.3, -0.25) is 4.84 Å². The quantitative estimate of drug-likeness (QED) is 0.421. The maximum Gasteiger partial charge on any atom is 0.164 e. The number of nitrogens with zero attached hydrogens (tertiary/aromatic N) is 1. The van der Waals surface area contributed by atoms with Crippen LogP contribution < -0.4 is 0 Å². The molecule has 60 valence electrons. The summed E-state index contributed by atoms with van der Waals surface area (Å²) in [7, 11) is 0. The molecule has 3 N–H and O–H groups in total. The van der Waals surface area contributed by atoms with E-state index in [1.54, 1.807) is 0 Å². The highest BCUT2D eigenvalue weighted by Gasteiger charge is 2.31. The number of hydrogen-bond acceptors (Lipinski definition) is 5. The molecule has 1 aliphatic rings. The van der Waals surface area contributed by atoms with Crippen LogP contribution in [-0.4, -0.2) is 39.6 Å². The Morgan fingerprint density at radius 1 is 1.30 bits per heavy atom. The summed E-state index contributed by atoms with van der Waals surface area (Å²) in [5.74, 6) is 0. The summed E-state index contributed by atoms with van der Waals surface area (Å²) in [6.45, 7) is -0.520. The van der Waals surface area contributed by atoms with Crippen molar-refractivity contribution in [1.29, 1.82) is 0 Å². The minimum Gasteiger partial charge on any atom is -0.376 e. The fourth-order valence-corrected chi connectivity index (χ4v) is 0.990. The Hall–Kier alpha value is -0.200. The summed E-state index contributed by atoms with van der Waals surface area (Å²) in [6.07, 6.45) is -0.633. The molecule has 5 nitrogen and oxygen atoms in total. The first-order valence-corrected chi connectivity index (χ1v) is 3.14. The molecule has 5 heteroatoms. The topological polar surface area (TPSA) is 73.2 Å². The Labute approximate surface area is 58.4 Å². The summed E-state index contributed by atoms with van der Waals surface area (Å²) in [4.78, 5) is 4.52. The van der Waals surface area contributed by atoms with Crippen molar-refractivity contribution in [2.45, 2.75) is 25.3 Å². The van der Waals surface area contributed by atoms with Crippen molar-refractivity contribution in [3.8, 4) is 0 Å². The molecule has 0 saturated carbocycles. The average Bonchev–Trinajstić information content (AvgIpc) is 2.20. The van der Waals surface area contributed by atoms with Crippen molar-refractivity contribution in [3.05, 3.63) is 0 Å². The van der Waals surface area contributed by atoms with Crippen molar-refractivity contribution in [1.82, 2.24) is 5.06 Å². The second-order valence-electron chi connectivity index (χ2n) is 2.16. The lowest BCUT2D eigenvalue weighted by Gasteiger charge is -2.20. The Balaban J connectivity index is 2.38. The molecule has 1 aliphatic heterocycles. The maximum atomic E-state index is 9.02. The molecule has 0 aromatic rings. The zero-order valence-corrected chi connectivity index (χ0v) is 5.47. The van der Waals surface area contributed by atoms with Gasteiger partial charge in [0.25, 0.3) is 0 Å². The van der Waals surface area contributed by atoms with E-state index in [4.69, 9.17) is 15.3 Å². The number of hydrogen-bond donors (Lipinski definition) is 3. The van der Waals surface area contributed by atoms with Gasteiger partial charge in [-0.1, -0.05) is 0 Å². The van der Waals surface area contributed by atoms with Gasteiger partial charge < -0.3 is 15.3 Å². The SMILES string of the molecule is OCON1C(O)CC[C@H]1O. The third-order valence-corrected chi connectivity index (χ3v) is 1.48. The molecule has 0 bridgehead atoms. The minimum absolute atomic E-state index is 0.473. The molecule has 0 spiro atoms. The van der Waals surface area contributed by atoms with Crippen molar-refractivity contribution < 1.29 is 20.2 Å². The van der Waals surface area contributed by atoms with Gasteiger partial charge in [-0.15, -0.1) is 5.06 Å². The van der Waals surface area contributed by atoms with Gasteiger partial charge in [0.1, 0.15) is 12.5 Å². The van der Waals surface area contributed by atoms with E-state index >= 15 is 0 Å². The first-order chi connectivity index (χ1) is 4.75. The van der Waals surface area contributed by atoms with E-state index in [-0.39, 0.29) is 0 Å². The number of aliphatic hydroxyl groups is 3. The molecule has 1 fully saturated rings. The van der Waals surface area contributed by atoms with E-state index in [0.29, 0.717) is 12.8 Å². The predicted molar refractivity (Wildman–Crippen MR) is 31.3 cm³/mol. The zero-order chi connectivity index (χ0) is 7.56. The Morgan fingerprint density at radius 3 is 2.20 bits per heavy atom. The van der Waals surface area contributed by atoms with Gasteiger partial charge in [0.2, 0.25) is 0 Å². The lowest BCUT2D eigenvalue weighted by atomic mass is 10.3. The van der Waals surface area contributed by atoms with Crippen LogP contribution in [0.5, 0.6) is 0 Å². The number of aliphatic hydroxyl groups excluding tert-OH is 3. The highest BCUT2D eigenvalue weighted by atomic mass is 16.8. The summed E-state index contributed by atoms with van der Waals surface area (Å²) in [5, 5.41) is 27.3. The number of rotatable bonds is 2. The molecule has 0 aromatic carbocycles. The van der Waals surface area contributed by atoms with Crippen LogP contribution in [0.2, 0.25) is 0 Å². The molecule has 1 rings (SSSR count). The first kappa shape index (κ1) is 7.90. The van der Waals surface area contributed by atoms with E-state index < -0.39 is 19.2 Å². The van der Waals surface area contributed by atoms with E-state index in [0.717, 1.165) is 5.06 Å². The van der Waals surface area contributed by atoms with E-state index in [1.165, 1.54) is 0 Å². The molecule has 0 radical (unpaired) electrons. The van der Waals surface area contributed by atoms with Crippen LogP contribution in [0, 0.1) is 0 Å². The van der Waals surface area contributed by atoms with Crippen LogP contribution in [-0.2, 0) is 4.84 Å². The second kappa shape index (κ2) is 3.27. The second-order valence-corrected chi connectivity index (χ2v) is 2.16. The lowest BCUT2D eigenvalue weighted by molar-refractivity contribution is -0.302. The Morgan fingerprint density at radius 2 is 1.80 bits per heavy atom. The van der Waals surface area contributed by atoms with Crippen LogP contribution in [0.15, 0.2) is 0 Å². The fraction of sp³-hybridized carbons (Fsp3) is 1.00. The minimum atomic E-state index is -0.790. The molecule has 1 saturated heterocycles. The Kier molecular flexibility index (Phi) is 2.58. The van der Waals surface area contributed by atoms with E-state index in [1.807, 2.05) is 0 Å². The van der Waals surface area contributed by atoms with Crippen molar-refractivity contribution >= 4 is 0 Å². The molecule has 1 heterocycles. The van der Waals surface area contributed by atoms with Gasteiger partial charge in [0, 0.05) is 0 Å². The van der Waals surface area contributed by atoms with Gasteiger partial charge in [-0.05, 0) is 12.8 Å². The van der Waals surface area contributed by atoms with Crippen LogP contribution in [0.1, 0.15) is 12.8 Å². The maximum absolute atomic E-state index is 9.02. The van der Waals surface area contributed by atoms with Gasteiger partial charge in [-0.2, -0.15) is 0 Å². The first-order valence-electron chi connectivity index (χ1n) is 3.14. The average molecular weight is 149 g/mol. The van der Waals surface area contributed by atoms with Crippen LogP contribution >= 0.6 is 0 Å². The smallest absolute Gasteiger partial charge is 0.164 e. The van der Waals surface area contributed by atoms with E-state index in [2.05, 4.69) is 4.84 Å².